The minimum atomic E-state index is -0.663. The van der Waals surface area contributed by atoms with Crippen LogP contribution in [0.3, 0.4) is 0 Å². The summed E-state index contributed by atoms with van der Waals surface area (Å²) in [6.45, 7) is 2.65. The molecule has 1 unspecified atom stereocenters. The van der Waals surface area contributed by atoms with Gasteiger partial charge < -0.3 is 4.90 Å². The van der Waals surface area contributed by atoms with Crippen molar-refractivity contribution in [1.29, 1.82) is 0 Å². The molecule has 6 heteroatoms. The lowest BCUT2D eigenvalue weighted by Crippen LogP contribution is -2.49. The highest BCUT2D eigenvalue weighted by molar-refractivity contribution is 5.93. The summed E-state index contributed by atoms with van der Waals surface area (Å²) in [6.07, 6.45) is 5.69. The van der Waals surface area contributed by atoms with Gasteiger partial charge in [0.1, 0.15) is 5.82 Å². The van der Waals surface area contributed by atoms with Gasteiger partial charge in [0.05, 0.1) is 0 Å². The summed E-state index contributed by atoms with van der Waals surface area (Å²) >= 11 is 0. The first kappa shape index (κ1) is 18.3. The fourth-order valence-electron chi connectivity index (χ4n) is 4.16. The highest BCUT2D eigenvalue weighted by Gasteiger charge is 2.36. The van der Waals surface area contributed by atoms with Crippen molar-refractivity contribution in [3.63, 3.8) is 0 Å². The summed E-state index contributed by atoms with van der Waals surface area (Å²) in [6, 6.07) is 3.50. The van der Waals surface area contributed by atoms with E-state index in [1.165, 1.54) is 31.7 Å². The number of amides is 1. The maximum atomic E-state index is 14.5. The molecule has 1 heterocycles. The quantitative estimate of drug-likeness (QED) is 0.610. The number of carbonyl (C=O) groups is 1. The van der Waals surface area contributed by atoms with Crippen LogP contribution < -0.4 is 5.48 Å². The summed E-state index contributed by atoms with van der Waals surface area (Å²) in [5.41, 5.74) is 3.35. The van der Waals surface area contributed by atoms with E-state index in [1.54, 1.807) is 11.5 Å². The summed E-state index contributed by atoms with van der Waals surface area (Å²) in [4.78, 5) is 16.2. The number of hydroxylamine groups is 1. The van der Waals surface area contributed by atoms with Crippen LogP contribution in [-0.2, 0) is 13.0 Å². The standard InChI is InChI=1S/C19H28FN3O2.2H2/c1-22(2)8-3-4-13-5-6-18(13)23-9-7-14-10-15(19(24)21-25)11-17(20)16(14)12-23;;/h10-11,13,18,25H,3-9,12H2,1-2H3,(H,21,24);2*1H/t13?,18-;;/m0../s1. The number of carbonyl (C=O) groups excluding carboxylic acids is 1. The number of nitrogens with one attached hydrogen (secondary N) is 1. The molecular weight excluding hydrogens is 321 g/mol. The number of nitrogens with zero attached hydrogens (tertiary/aromatic N) is 2. The Labute approximate surface area is 151 Å². The van der Waals surface area contributed by atoms with Crippen molar-refractivity contribution in [2.45, 2.75) is 44.7 Å². The Hall–Kier alpha value is -1.50. The molecule has 1 amide bonds. The molecular formula is C19H32FN3O2. The van der Waals surface area contributed by atoms with Gasteiger partial charge >= 0.3 is 0 Å². The minimum Gasteiger partial charge on any atom is -0.309 e. The van der Waals surface area contributed by atoms with Gasteiger partial charge in [-0.1, -0.05) is 0 Å². The van der Waals surface area contributed by atoms with E-state index in [0.717, 1.165) is 31.0 Å². The molecule has 1 saturated carbocycles. The van der Waals surface area contributed by atoms with Gasteiger partial charge in [-0.15, -0.1) is 0 Å². The average molecular weight is 353 g/mol. The van der Waals surface area contributed by atoms with Crippen molar-refractivity contribution in [3.05, 3.63) is 34.6 Å². The Bertz CT molecular complexity index is 646. The molecule has 0 radical (unpaired) electrons. The second-order valence-electron chi connectivity index (χ2n) is 7.61. The van der Waals surface area contributed by atoms with E-state index in [4.69, 9.17) is 5.21 Å². The predicted molar refractivity (Wildman–Crippen MR) is 98.3 cm³/mol. The lowest BCUT2D eigenvalue weighted by Gasteiger charge is -2.46. The molecule has 1 aliphatic carbocycles. The summed E-state index contributed by atoms with van der Waals surface area (Å²) in [5, 5.41) is 8.74. The molecule has 0 spiro atoms. The van der Waals surface area contributed by atoms with Crippen molar-refractivity contribution >= 4 is 5.91 Å². The molecule has 2 N–H and O–H groups in total. The number of benzene rings is 1. The maximum absolute atomic E-state index is 14.5. The zero-order valence-electron chi connectivity index (χ0n) is 15.1. The highest BCUT2D eigenvalue weighted by atomic mass is 19.1. The van der Waals surface area contributed by atoms with Gasteiger partial charge in [0.25, 0.3) is 5.91 Å². The number of hydrogen-bond donors (Lipinski definition) is 2. The van der Waals surface area contributed by atoms with Gasteiger partial charge in [-0.2, -0.15) is 0 Å². The fraction of sp³-hybridized carbons (Fsp3) is 0.632. The van der Waals surface area contributed by atoms with Crippen LogP contribution in [0.25, 0.3) is 0 Å². The van der Waals surface area contributed by atoms with Crippen LogP contribution in [0.5, 0.6) is 0 Å². The first-order valence-electron chi connectivity index (χ1n) is 9.14. The largest absolute Gasteiger partial charge is 0.309 e. The van der Waals surface area contributed by atoms with E-state index in [9.17, 15) is 9.18 Å². The zero-order valence-corrected chi connectivity index (χ0v) is 15.1. The first-order valence-corrected chi connectivity index (χ1v) is 9.14. The molecule has 142 valence electrons. The third-order valence-corrected chi connectivity index (χ3v) is 5.71. The van der Waals surface area contributed by atoms with Crippen molar-refractivity contribution in [1.82, 2.24) is 15.3 Å². The van der Waals surface area contributed by atoms with Crippen molar-refractivity contribution in [2.24, 2.45) is 5.92 Å². The molecule has 2 atom stereocenters. The molecule has 5 nitrogen and oxygen atoms in total. The molecule has 25 heavy (non-hydrogen) atoms. The molecule has 3 rings (SSSR count). The van der Waals surface area contributed by atoms with Gasteiger partial charge in [0.2, 0.25) is 0 Å². The van der Waals surface area contributed by atoms with E-state index < -0.39 is 5.91 Å². The van der Waals surface area contributed by atoms with Crippen molar-refractivity contribution in [2.75, 3.05) is 27.2 Å². The van der Waals surface area contributed by atoms with Gasteiger partial charge in [-0.3, -0.25) is 14.9 Å². The van der Waals surface area contributed by atoms with Crippen LogP contribution in [0, 0.1) is 11.7 Å². The Morgan fingerprint density at radius 2 is 2.24 bits per heavy atom. The molecule has 1 aliphatic heterocycles. The van der Waals surface area contributed by atoms with E-state index in [1.807, 2.05) is 0 Å². The van der Waals surface area contributed by atoms with E-state index in [0.29, 0.717) is 18.2 Å². The Morgan fingerprint density at radius 1 is 1.44 bits per heavy atom. The van der Waals surface area contributed by atoms with Gasteiger partial charge in [-0.05, 0) is 76.4 Å². The van der Waals surface area contributed by atoms with Gasteiger partial charge in [0.15, 0.2) is 0 Å². The van der Waals surface area contributed by atoms with Crippen LogP contribution in [0.15, 0.2) is 12.1 Å². The highest BCUT2D eigenvalue weighted by Crippen LogP contribution is 2.38. The number of hydrogen-bond acceptors (Lipinski definition) is 4. The van der Waals surface area contributed by atoms with E-state index in [2.05, 4.69) is 23.9 Å². The smallest absolute Gasteiger partial charge is 0.274 e. The lowest BCUT2D eigenvalue weighted by molar-refractivity contribution is 0.0435. The molecule has 1 aromatic rings. The molecule has 0 saturated heterocycles. The summed E-state index contributed by atoms with van der Waals surface area (Å²) in [7, 11) is 4.21. The molecule has 0 bridgehead atoms. The van der Waals surface area contributed by atoms with Gasteiger partial charge in [-0.25, -0.2) is 9.87 Å². The summed E-state index contributed by atoms with van der Waals surface area (Å²) < 4.78 is 14.5. The van der Waals surface area contributed by atoms with Crippen molar-refractivity contribution in [3.8, 4) is 0 Å². The normalized spacial score (nSPS) is 23.2. The zero-order chi connectivity index (χ0) is 18.0. The number of rotatable bonds is 6. The maximum Gasteiger partial charge on any atom is 0.274 e. The van der Waals surface area contributed by atoms with Gasteiger partial charge in [0, 0.05) is 33.1 Å². The minimum absolute atomic E-state index is 0. The second kappa shape index (κ2) is 7.81. The topological polar surface area (TPSA) is 55.8 Å². The first-order chi connectivity index (χ1) is 12.0. The predicted octanol–water partition coefficient (Wildman–Crippen LogP) is 2.92. The van der Waals surface area contributed by atoms with E-state index >= 15 is 0 Å². The van der Waals surface area contributed by atoms with E-state index in [-0.39, 0.29) is 14.2 Å². The van der Waals surface area contributed by atoms with Crippen molar-refractivity contribution < 1.29 is 17.2 Å². The number of fused-ring (bicyclic) bond motifs is 1. The second-order valence-corrected chi connectivity index (χ2v) is 7.61. The SMILES string of the molecule is CN(C)CCCC1CC[C@@H]1N1CCc2cc(C(=O)NO)cc(F)c2C1.[HH].[HH]. The Morgan fingerprint density at radius 3 is 2.88 bits per heavy atom. The molecule has 1 aromatic carbocycles. The van der Waals surface area contributed by atoms with Crippen LogP contribution >= 0.6 is 0 Å². The average Bonchev–Trinajstić information content (AvgIpc) is 2.57. The summed E-state index contributed by atoms with van der Waals surface area (Å²) in [5.74, 6) is -0.280. The van der Waals surface area contributed by atoms with Crippen LogP contribution in [0.4, 0.5) is 4.39 Å². The third kappa shape index (κ3) is 4.02. The monoisotopic (exact) mass is 353 g/mol. The third-order valence-electron chi connectivity index (χ3n) is 5.71. The molecule has 1 fully saturated rings. The fourth-order valence-corrected chi connectivity index (χ4v) is 4.16. The molecule has 2 aliphatic rings. The Kier molecular flexibility index (Phi) is 5.71. The van der Waals surface area contributed by atoms with Crippen LogP contribution in [0.1, 0.15) is 50.0 Å². The Balaban J connectivity index is 0.00000182. The lowest BCUT2D eigenvalue weighted by atomic mass is 9.75. The molecule has 0 aromatic heterocycles. The van der Waals surface area contributed by atoms with Crippen LogP contribution in [0.2, 0.25) is 0 Å². The van der Waals surface area contributed by atoms with Crippen LogP contribution in [-0.4, -0.2) is 54.1 Å². The number of halogens is 1.